The van der Waals surface area contributed by atoms with Crippen LogP contribution in [-0.4, -0.2) is 21.0 Å². The van der Waals surface area contributed by atoms with Crippen LogP contribution < -0.4 is 0 Å². The number of halogens is 2. The van der Waals surface area contributed by atoms with E-state index < -0.39 is 21.5 Å². The summed E-state index contributed by atoms with van der Waals surface area (Å²) in [4.78, 5) is 10.1. The zero-order valence-corrected chi connectivity index (χ0v) is 8.13. The fraction of sp³-hybridized carbons (Fsp3) is 0.125. The Morgan fingerprint density at radius 2 is 1.80 bits per heavy atom. The van der Waals surface area contributed by atoms with Crippen LogP contribution in [0, 0.1) is 4.78 Å². The van der Waals surface area contributed by atoms with E-state index in [1.807, 2.05) is 0 Å². The zero-order valence-electron chi connectivity index (χ0n) is 7.31. The summed E-state index contributed by atoms with van der Waals surface area (Å²) < 4.78 is 42.4. The number of hydrogen-bond acceptors (Lipinski definition) is 3. The molecule has 0 amide bonds. The molecule has 0 aromatic heterocycles. The summed E-state index contributed by atoms with van der Waals surface area (Å²) >= 11 is 0. The van der Waals surface area contributed by atoms with Gasteiger partial charge in [-0.15, -0.1) is 0 Å². The van der Waals surface area contributed by atoms with Crippen molar-refractivity contribution >= 4 is 15.7 Å². The Morgan fingerprint density at radius 3 is 2.13 bits per heavy atom. The predicted octanol–water partition coefficient (Wildman–Crippen LogP) is 2.01. The minimum absolute atomic E-state index is 0.108. The van der Waals surface area contributed by atoms with E-state index in [0.717, 1.165) is 24.3 Å². The first-order chi connectivity index (χ1) is 6.85. The molecule has 1 aromatic rings. The number of hydrogen-bond donors (Lipinski definition) is 2. The Kier molecular flexibility index (Phi) is 3.04. The highest BCUT2D eigenvalue weighted by atomic mass is 32.2. The second-order valence-corrected chi connectivity index (χ2v) is 4.72. The van der Waals surface area contributed by atoms with E-state index in [0.29, 0.717) is 0 Å². The van der Waals surface area contributed by atoms with Gasteiger partial charge in [0.1, 0.15) is 9.73 Å². The highest BCUT2D eigenvalue weighted by molar-refractivity contribution is 7.92. The molecule has 7 heteroatoms. The van der Waals surface area contributed by atoms with Crippen molar-refractivity contribution in [3.05, 3.63) is 29.8 Å². The molecule has 0 fully saturated rings. The fourth-order valence-corrected chi connectivity index (χ4v) is 1.65. The topological polar surface area (TPSA) is 78.2 Å². The fourth-order valence-electron chi connectivity index (χ4n) is 0.903. The lowest BCUT2D eigenvalue weighted by molar-refractivity contribution is 0.0697. The SMILES string of the molecule is N=S(=O)(c1ccc(C(=O)O)cc1)C(F)F. The Balaban J connectivity index is 3.15. The van der Waals surface area contributed by atoms with Crippen LogP contribution in [-0.2, 0) is 9.73 Å². The van der Waals surface area contributed by atoms with Gasteiger partial charge in [0.25, 0.3) is 0 Å². The van der Waals surface area contributed by atoms with Gasteiger partial charge < -0.3 is 5.11 Å². The molecular formula is C8H7F2NO3S. The van der Waals surface area contributed by atoms with Gasteiger partial charge in [0.15, 0.2) is 0 Å². The van der Waals surface area contributed by atoms with Crippen molar-refractivity contribution in [1.29, 1.82) is 4.78 Å². The summed E-state index contributed by atoms with van der Waals surface area (Å²) in [5.74, 6) is -4.50. The molecule has 0 aliphatic carbocycles. The van der Waals surface area contributed by atoms with Gasteiger partial charge in [-0.25, -0.2) is 13.8 Å². The van der Waals surface area contributed by atoms with Gasteiger partial charge in [0, 0.05) is 0 Å². The minimum Gasteiger partial charge on any atom is -0.478 e. The van der Waals surface area contributed by atoms with E-state index in [1.54, 1.807) is 0 Å². The van der Waals surface area contributed by atoms with E-state index in [-0.39, 0.29) is 10.5 Å². The number of carbonyl (C=O) groups is 1. The third-order valence-electron chi connectivity index (χ3n) is 1.70. The van der Waals surface area contributed by atoms with Crippen LogP contribution in [0.3, 0.4) is 0 Å². The normalized spacial score (nSPS) is 14.9. The predicted molar refractivity (Wildman–Crippen MR) is 48.5 cm³/mol. The van der Waals surface area contributed by atoms with Crippen molar-refractivity contribution in [2.75, 3.05) is 0 Å². The van der Waals surface area contributed by atoms with Crippen molar-refractivity contribution in [3.8, 4) is 0 Å². The van der Waals surface area contributed by atoms with Gasteiger partial charge in [0.2, 0.25) is 0 Å². The number of alkyl halides is 2. The molecule has 1 atom stereocenters. The van der Waals surface area contributed by atoms with Crippen molar-refractivity contribution < 1.29 is 22.9 Å². The monoisotopic (exact) mass is 235 g/mol. The van der Waals surface area contributed by atoms with E-state index in [4.69, 9.17) is 9.89 Å². The highest BCUT2D eigenvalue weighted by Crippen LogP contribution is 2.19. The molecule has 0 spiro atoms. The van der Waals surface area contributed by atoms with Crippen molar-refractivity contribution in [1.82, 2.24) is 0 Å². The van der Waals surface area contributed by atoms with Crippen LogP contribution in [0.15, 0.2) is 29.2 Å². The van der Waals surface area contributed by atoms with Gasteiger partial charge >= 0.3 is 11.7 Å². The molecule has 2 N–H and O–H groups in total. The minimum atomic E-state index is -4.15. The second-order valence-electron chi connectivity index (χ2n) is 2.69. The van der Waals surface area contributed by atoms with Gasteiger partial charge in [-0.05, 0) is 24.3 Å². The third kappa shape index (κ3) is 2.30. The zero-order chi connectivity index (χ0) is 11.6. The lowest BCUT2D eigenvalue weighted by Crippen LogP contribution is -2.09. The van der Waals surface area contributed by atoms with Gasteiger partial charge in [0.05, 0.1) is 10.5 Å². The summed E-state index contributed by atoms with van der Waals surface area (Å²) in [5, 5.41) is 8.52. The number of carboxylic acids is 1. The van der Waals surface area contributed by atoms with E-state index >= 15 is 0 Å². The molecule has 0 radical (unpaired) electrons. The van der Waals surface area contributed by atoms with Crippen molar-refractivity contribution in [3.63, 3.8) is 0 Å². The van der Waals surface area contributed by atoms with Crippen LogP contribution in [0.25, 0.3) is 0 Å². The standard InChI is InChI=1S/C8H7F2NO3S/c9-8(10)15(11,14)6-3-1-5(2-4-6)7(12)13/h1-4,8,11H,(H,12,13). The van der Waals surface area contributed by atoms with Crippen LogP contribution in [0.2, 0.25) is 0 Å². The largest absolute Gasteiger partial charge is 0.478 e. The molecule has 0 saturated heterocycles. The Labute approximate surface area is 84.5 Å². The van der Waals surface area contributed by atoms with Crippen molar-refractivity contribution in [2.24, 2.45) is 0 Å². The lowest BCUT2D eigenvalue weighted by Gasteiger charge is -2.05. The second kappa shape index (κ2) is 3.93. The first-order valence-corrected chi connectivity index (χ1v) is 5.37. The Bertz CT molecular complexity index is 467. The third-order valence-corrected chi connectivity index (χ3v) is 3.18. The van der Waals surface area contributed by atoms with Crippen LogP contribution in [0.4, 0.5) is 8.78 Å². The number of nitrogens with one attached hydrogen (secondary N) is 1. The molecule has 0 aliphatic rings. The summed E-state index contributed by atoms with van der Waals surface area (Å²) in [7, 11) is -4.15. The molecule has 0 bridgehead atoms. The Hall–Kier alpha value is -1.50. The molecule has 4 nitrogen and oxygen atoms in total. The smallest absolute Gasteiger partial charge is 0.335 e. The maximum Gasteiger partial charge on any atom is 0.335 e. The van der Waals surface area contributed by atoms with Gasteiger partial charge in [-0.2, -0.15) is 8.78 Å². The van der Waals surface area contributed by atoms with Crippen molar-refractivity contribution in [2.45, 2.75) is 10.7 Å². The molecule has 1 aromatic carbocycles. The molecule has 1 rings (SSSR count). The molecule has 0 aliphatic heterocycles. The molecule has 15 heavy (non-hydrogen) atoms. The van der Waals surface area contributed by atoms with Gasteiger partial charge in [-0.1, -0.05) is 0 Å². The van der Waals surface area contributed by atoms with E-state index in [9.17, 15) is 17.8 Å². The molecule has 1 unspecified atom stereocenters. The average Bonchev–Trinajstić information content (AvgIpc) is 2.17. The maximum absolute atomic E-state index is 12.2. The van der Waals surface area contributed by atoms with E-state index in [2.05, 4.69) is 0 Å². The summed E-state index contributed by atoms with van der Waals surface area (Å²) in [6.45, 7) is 0. The summed E-state index contributed by atoms with van der Waals surface area (Å²) in [6.07, 6.45) is 0. The lowest BCUT2D eigenvalue weighted by atomic mass is 10.2. The first kappa shape index (κ1) is 11.6. The highest BCUT2D eigenvalue weighted by Gasteiger charge is 2.22. The summed E-state index contributed by atoms with van der Waals surface area (Å²) in [6, 6.07) is 4.00. The van der Waals surface area contributed by atoms with Crippen LogP contribution >= 0.6 is 0 Å². The average molecular weight is 235 g/mol. The number of rotatable bonds is 3. The van der Waals surface area contributed by atoms with E-state index in [1.165, 1.54) is 0 Å². The maximum atomic E-state index is 12.2. The van der Waals surface area contributed by atoms with Crippen LogP contribution in [0.1, 0.15) is 10.4 Å². The van der Waals surface area contributed by atoms with Gasteiger partial charge in [-0.3, -0.25) is 0 Å². The quantitative estimate of drug-likeness (QED) is 0.841. The number of carboxylic acid groups (broad SMARTS) is 1. The summed E-state index contributed by atoms with van der Waals surface area (Å²) in [5.41, 5.74) is -0.108. The Morgan fingerprint density at radius 1 is 1.33 bits per heavy atom. The first-order valence-electron chi connectivity index (χ1n) is 3.75. The molecule has 82 valence electrons. The number of benzene rings is 1. The molecule has 0 heterocycles. The molecular weight excluding hydrogens is 228 g/mol. The molecule has 0 saturated carbocycles. The van der Waals surface area contributed by atoms with Crippen LogP contribution in [0.5, 0.6) is 0 Å². The number of aromatic carboxylic acids is 1.